The number of rotatable bonds is 8. The Morgan fingerprint density at radius 1 is 1.08 bits per heavy atom. The first-order valence-corrected chi connectivity index (χ1v) is 8.76. The fourth-order valence-electron chi connectivity index (χ4n) is 2.53. The number of carbonyl (C=O) groups is 2. The van der Waals surface area contributed by atoms with E-state index in [0.717, 1.165) is 32.7 Å². The van der Waals surface area contributed by atoms with Crippen LogP contribution in [0.3, 0.4) is 0 Å². The van der Waals surface area contributed by atoms with Crippen LogP contribution in [0.5, 0.6) is 0 Å². The van der Waals surface area contributed by atoms with Crippen LogP contribution in [-0.4, -0.2) is 62.5 Å². The van der Waals surface area contributed by atoms with E-state index in [0.29, 0.717) is 36.5 Å². The molecule has 0 atom stereocenters. The smallest absolute Gasteiger partial charge is 0.251 e. The molecule has 1 aromatic rings. The van der Waals surface area contributed by atoms with Crippen molar-refractivity contribution >= 4 is 23.4 Å². The first-order valence-electron chi connectivity index (χ1n) is 8.39. The number of carbonyl (C=O) groups excluding carboxylic acids is 2. The van der Waals surface area contributed by atoms with Crippen molar-refractivity contribution in [2.75, 3.05) is 45.8 Å². The summed E-state index contributed by atoms with van der Waals surface area (Å²) in [5.41, 5.74) is 0.569. The van der Waals surface area contributed by atoms with Gasteiger partial charge in [0.05, 0.1) is 0 Å². The van der Waals surface area contributed by atoms with Crippen molar-refractivity contribution in [3.05, 3.63) is 34.9 Å². The summed E-state index contributed by atoms with van der Waals surface area (Å²) in [5.74, 6) is -0.114. The lowest BCUT2D eigenvalue weighted by atomic mass is 10.2. The van der Waals surface area contributed by atoms with E-state index < -0.39 is 0 Å². The molecule has 0 aromatic heterocycles. The van der Waals surface area contributed by atoms with Gasteiger partial charge in [-0.15, -0.1) is 0 Å². The highest BCUT2D eigenvalue weighted by Gasteiger charge is 2.09. The van der Waals surface area contributed by atoms with Crippen LogP contribution >= 0.6 is 11.6 Å². The van der Waals surface area contributed by atoms with E-state index in [9.17, 15) is 9.59 Å². The van der Waals surface area contributed by atoms with Gasteiger partial charge in [0.25, 0.3) is 5.91 Å². The van der Waals surface area contributed by atoms with E-state index in [1.807, 2.05) is 0 Å². The van der Waals surface area contributed by atoms with Crippen LogP contribution in [0, 0.1) is 0 Å². The van der Waals surface area contributed by atoms with E-state index in [4.69, 9.17) is 11.6 Å². The first kappa shape index (κ1) is 18.7. The number of nitrogens with one attached hydrogen (secondary N) is 3. The molecule has 7 heteroatoms. The molecule has 1 fully saturated rings. The standard InChI is InChI=1S/C17H25ClN4O2/c18-15-5-3-14(4-6-15)17(24)21-7-1-2-16(23)20-10-13-22-11-8-19-9-12-22/h3-6,19H,1-2,7-13H2,(H,20,23)(H,21,24). The van der Waals surface area contributed by atoms with Crippen molar-refractivity contribution in [3.8, 4) is 0 Å². The summed E-state index contributed by atoms with van der Waals surface area (Å²) in [5, 5.41) is 9.63. The molecule has 0 aliphatic carbocycles. The molecule has 0 unspecified atom stereocenters. The van der Waals surface area contributed by atoms with Gasteiger partial charge in [0.1, 0.15) is 0 Å². The third-order valence-electron chi connectivity index (χ3n) is 3.93. The second kappa shape index (κ2) is 10.3. The van der Waals surface area contributed by atoms with Crippen molar-refractivity contribution in [3.63, 3.8) is 0 Å². The van der Waals surface area contributed by atoms with Crippen molar-refractivity contribution < 1.29 is 9.59 Å². The third kappa shape index (κ3) is 6.86. The highest BCUT2D eigenvalue weighted by molar-refractivity contribution is 6.30. The summed E-state index contributed by atoms with van der Waals surface area (Å²) < 4.78 is 0. The fraction of sp³-hybridized carbons (Fsp3) is 0.529. The summed E-state index contributed by atoms with van der Waals surface area (Å²) >= 11 is 5.79. The number of piperazine rings is 1. The summed E-state index contributed by atoms with van der Waals surface area (Å²) in [7, 11) is 0. The minimum Gasteiger partial charge on any atom is -0.355 e. The molecule has 2 amide bonds. The maximum atomic E-state index is 11.9. The molecule has 2 rings (SSSR count). The van der Waals surface area contributed by atoms with Crippen molar-refractivity contribution in [2.24, 2.45) is 0 Å². The number of benzene rings is 1. The summed E-state index contributed by atoms with van der Waals surface area (Å²) in [6, 6.07) is 6.73. The molecule has 0 spiro atoms. The molecule has 1 aliphatic heterocycles. The maximum Gasteiger partial charge on any atom is 0.251 e. The van der Waals surface area contributed by atoms with Crippen LogP contribution in [-0.2, 0) is 4.79 Å². The van der Waals surface area contributed by atoms with Gasteiger partial charge in [-0.05, 0) is 30.7 Å². The molecule has 1 aliphatic rings. The average Bonchev–Trinajstić information content (AvgIpc) is 2.60. The molecule has 24 heavy (non-hydrogen) atoms. The molecule has 0 bridgehead atoms. The highest BCUT2D eigenvalue weighted by atomic mass is 35.5. The van der Waals surface area contributed by atoms with Gasteiger partial charge in [-0.3, -0.25) is 14.5 Å². The van der Waals surface area contributed by atoms with Crippen LogP contribution in [0.4, 0.5) is 0 Å². The van der Waals surface area contributed by atoms with Crippen LogP contribution in [0.2, 0.25) is 5.02 Å². The Labute approximate surface area is 147 Å². The molecular weight excluding hydrogens is 328 g/mol. The Bertz CT molecular complexity index is 530. The van der Waals surface area contributed by atoms with E-state index >= 15 is 0 Å². The van der Waals surface area contributed by atoms with E-state index in [1.165, 1.54) is 0 Å². The van der Waals surface area contributed by atoms with E-state index in [2.05, 4.69) is 20.9 Å². The second-order valence-corrected chi connectivity index (χ2v) is 6.24. The molecular formula is C17H25ClN4O2. The van der Waals surface area contributed by atoms with E-state index in [-0.39, 0.29) is 11.8 Å². The molecule has 6 nitrogen and oxygen atoms in total. The van der Waals surface area contributed by atoms with Gasteiger partial charge in [-0.2, -0.15) is 0 Å². The van der Waals surface area contributed by atoms with E-state index in [1.54, 1.807) is 24.3 Å². The summed E-state index contributed by atoms with van der Waals surface area (Å²) in [6.07, 6.45) is 1.04. The van der Waals surface area contributed by atoms with Crippen molar-refractivity contribution in [2.45, 2.75) is 12.8 Å². The second-order valence-electron chi connectivity index (χ2n) is 5.81. The molecule has 0 saturated carbocycles. The summed E-state index contributed by atoms with van der Waals surface area (Å²) in [4.78, 5) is 26.0. The molecule has 132 valence electrons. The monoisotopic (exact) mass is 352 g/mol. The van der Waals surface area contributed by atoms with Gasteiger partial charge in [-0.25, -0.2) is 0 Å². The predicted molar refractivity (Wildman–Crippen MR) is 95.3 cm³/mol. The summed E-state index contributed by atoms with van der Waals surface area (Å²) in [6.45, 7) is 6.14. The number of halogens is 1. The molecule has 1 heterocycles. The van der Waals surface area contributed by atoms with Gasteiger partial charge < -0.3 is 16.0 Å². The Balaban J connectivity index is 1.52. The lowest BCUT2D eigenvalue weighted by Crippen LogP contribution is -2.46. The zero-order valence-electron chi connectivity index (χ0n) is 13.8. The molecule has 1 saturated heterocycles. The topological polar surface area (TPSA) is 73.5 Å². The lowest BCUT2D eigenvalue weighted by Gasteiger charge is -2.27. The van der Waals surface area contributed by atoms with Gasteiger partial charge in [-0.1, -0.05) is 11.6 Å². The largest absolute Gasteiger partial charge is 0.355 e. The Kier molecular flexibility index (Phi) is 8.01. The van der Waals surface area contributed by atoms with Crippen LogP contribution in [0.15, 0.2) is 24.3 Å². The maximum absolute atomic E-state index is 11.9. The van der Waals surface area contributed by atoms with Crippen LogP contribution in [0.1, 0.15) is 23.2 Å². The van der Waals surface area contributed by atoms with Crippen molar-refractivity contribution in [1.29, 1.82) is 0 Å². The van der Waals surface area contributed by atoms with Gasteiger partial charge >= 0.3 is 0 Å². The Hall–Kier alpha value is -1.63. The Morgan fingerprint density at radius 3 is 2.50 bits per heavy atom. The van der Waals surface area contributed by atoms with Gasteiger partial charge in [0.15, 0.2) is 0 Å². The van der Waals surface area contributed by atoms with Crippen molar-refractivity contribution in [1.82, 2.24) is 20.9 Å². The highest BCUT2D eigenvalue weighted by Crippen LogP contribution is 2.09. The molecule has 0 radical (unpaired) electrons. The molecule has 3 N–H and O–H groups in total. The SMILES string of the molecule is O=C(CCCNC(=O)c1ccc(Cl)cc1)NCCN1CCNCC1. The minimum absolute atomic E-state index is 0.0332. The normalized spacial score (nSPS) is 15.0. The predicted octanol–water partition coefficient (Wildman–Crippen LogP) is 0.871. The van der Waals surface area contributed by atoms with Crippen LogP contribution < -0.4 is 16.0 Å². The number of nitrogens with zero attached hydrogens (tertiary/aromatic N) is 1. The quantitative estimate of drug-likeness (QED) is 0.607. The minimum atomic E-state index is -0.147. The Morgan fingerprint density at radius 2 is 1.79 bits per heavy atom. The van der Waals surface area contributed by atoms with Gasteiger partial charge in [0, 0.05) is 62.8 Å². The number of hydrogen-bond donors (Lipinski definition) is 3. The number of amides is 2. The zero-order chi connectivity index (χ0) is 17.2. The molecule has 1 aromatic carbocycles. The lowest BCUT2D eigenvalue weighted by molar-refractivity contribution is -0.121. The zero-order valence-corrected chi connectivity index (χ0v) is 14.6. The van der Waals surface area contributed by atoms with Gasteiger partial charge in [0.2, 0.25) is 5.91 Å². The number of hydrogen-bond acceptors (Lipinski definition) is 4. The fourth-order valence-corrected chi connectivity index (χ4v) is 2.66. The average molecular weight is 353 g/mol. The van der Waals surface area contributed by atoms with Crippen LogP contribution in [0.25, 0.3) is 0 Å². The first-order chi connectivity index (χ1) is 11.6. The third-order valence-corrected chi connectivity index (χ3v) is 4.18.